The molecule has 0 spiro atoms. The van der Waals surface area contributed by atoms with Gasteiger partial charge in [-0.25, -0.2) is 9.97 Å². The minimum Gasteiger partial charge on any atom is -0.383 e. The lowest BCUT2D eigenvalue weighted by molar-refractivity contribution is -0.115. The molecule has 1 aromatic rings. The van der Waals surface area contributed by atoms with Crippen LogP contribution in [0.5, 0.6) is 0 Å². The highest BCUT2D eigenvalue weighted by Crippen LogP contribution is 2.18. The van der Waals surface area contributed by atoms with Gasteiger partial charge in [0, 0.05) is 6.07 Å². The predicted octanol–water partition coefficient (Wildman–Crippen LogP) is 1.75. The summed E-state index contributed by atoms with van der Waals surface area (Å²) >= 11 is 1.21. The molecule has 0 amide bonds. The Morgan fingerprint density at radius 1 is 1.47 bits per heavy atom. The van der Waals surface area contributed by atoms with Crippen molar-refractivity contribution in [2.24, 2.45) is 0 Å². The Morgan fingerprint density at radius 3 is 2.67 bits per heavy atom. The molecule has 1 aromatic heterocycles. The van der Waals surface area contributed by atoms with E-state index in [1.807, 2.05) is 0 Å². The molecule has 0 saturated carbocycles. The number of nitrogens with one attached hydrogen (secondary N) is 1. The molecule has 0 aromatic carbocycles. The van der Waals surface area contributed by atoms with Crippen molar-refractivity contribution in [1.29, 1.82) is 0 Å². The first-order valence-corrected chi connectivity index (χ1v) is 5.12. The van der Waals surface area contributed by atoms with Crippen molar-refractivity contribution in [2.45, 2.75) is 11.3 Å². The van der Waals surface area contributed by atoms with Gasteiger partial charge in [-0.2, -0.15) is 13.2 Å². The summed E-state index contributed by atoms with van der Waals surface area (Å²) in [7, 11) is 0. The number of alkyl halides is 3. The maximum absolute atomic E-state index is 11.9. The summed E-state index contributed by atoms with van der Waals surface area (Å²) in [4.78, 5) is 7.62. The third-order valence-electron chi connectivity index (χ3n) is 1.38. The number of thioether (sulfide) groups is 1. The molecular weight excluding hydrogens is 229 g/mol. The largest absolute Gasteiger partial charge is 0.405 e. The van der Waals surface area contributed by atoms with Crippen molar-refractivity contribution in [1.82, 2.24) is 9.97 Å². The van der Waals surface area contributed by atoms with Crippen LogP contribution < -0.4 is 11.1 Å². The van der Waals surface area contributed by atoms with Crippen molar-refractivity contribution in [2.75, 3.05) is 23.9 Å². The molecule has 0 aliphatic rings. The average molecular weight is 238 g/mol. The Labute approximate surface area is 88.5 Å². The van der Waals surface area contributed by atoms with Gasteiger partial charge in [-0.05, 0) is 6.26 Å². The molecule has 15 heavy (non-hydrogen) atoms. The van der Waals surface area contributed by atoms with Crippen molar-refractivity contribution in [3.05, 3.63) is 6.07 Å². The van der Waals surface area contributed by atoms with Crippen LogP contribution in [-0.2, 0) is 0 Å². The summed E-state index contributed by atoms with van der Waals surface area (Å²) < 4.78 is 35.6. The molecule has 1 rings (SSSR count). The van der Waals surface area contributed by atoms with Crippen molar-refractivity contribution in [3.63, 3.8) is 0 Å². The first-order chi connectivity index (χ1) is 6.90. The maximum atomic E-state index is 11.9. The molecule has 84 valence electrons. The van der Waals surface area contributed by atoms with Crippen LogP contribution in [0.1, 0.15) is 0 Å². The normalized spacial score (nSPS) is 11.5. The fourth-order valence-corrected chi connectivity index (χ4v) is 1.20. The Morgan fingerprint density at radius 2 is 2.13 bits per heavy atom. The van der Waals surface area contributed by atoms with Crippen LogP contribution in [0.4, 0.5) is 24.8 Å². The van der Waals surface area contributed by atoms with Crippen molar-refractivity contribution in [3.8, 4) is 0 Å². The SMILES string of the molecule is CSc1nc(N)cc(NCC(F)(F)F)n1. The number of anilines is 2. The fraction of sp³-hybridized carbons (Fsp3) is 0.429. The van der Waals surface area contributed by atoms with Gasteiger partial charge in [-0.1, -0.05) is 11.8 Å². The summed E-state index contributed by atoms with van der Waals surface area (Å²) in [5.74, 6) is 0.211. The van der Waals surface area contributed by atoms with E-state index in [1.54, 1.807) is 6.26 Å². The lowest BCUT2D eigenvalue weighted by Crippen LogP contribution is -2.22. The van der Waals surface area contributed by atoms with Gasteiger partial charge in [0.25, 0.3) is 0 Å². The summed E-state index contributed by atoms with van der Waals surface area (Å²) in [5.41, 5.74) is 5.39. The number of hydrogen-bond donors (Lipinski definition) is 2. The molecule has 0 aliphatic heterocycles. The van der Waals surface area contributed by atoms with E-state index in [1.165, 1.54) is 17.8 Å². The Hall–Kier alpha value is -1.18. The van der Waals surface area contributed by atoms with E-state index in [0.717, 1.165) is 0 Å². The van der Waals surface area contributed by atoms with Gasteiger partial charge in [0.2, 0.25) is 0 Å². The van der Waals surface area contributed by atoms with Crippen LogP contribution in [0.15, 0.2) is 11.2 Å². The zero-order chi connectivity index (χ0) is 11.5. The molecule has 0 saturated heterocycles. The first-order valence-electron chi connectivity index (χ1n) is 3.90. The van der Waals surface area contributed by atoms with Crippen LogP contribution in [0.2, 0.25) is 0 Å². The summed E-state index contributed by atoms with van der Waals surface area (Å²) in [6, 6.07) is 1.26. The molecule has 0 atom stereocenters. The highest BCUT2D eigenvalue weighted by Gasteiger charge is 2.26. The Balaban J connectivity index is 2.73. The standard InChI is InChI=1S/C7H9F3N4S/c1-15-6-13-4(11)2-5(14-6)12-3-7(8,9)10/h2H,3H2,1H3,(H3,11,12,13,14). The smallest absolute Gasteiger partial charge is 0.383 e. The van der Waals surface area contributed by atoms with Gasteiger partial charge >= 0.3 is 6.18 Å². The molecule has 1 heterocycles. The molecule has 0 aliphatic carbocycles. The molecular formula is C7H9F3N4S. The number of hydrogen-bond acceptors (Lipinski definition) is 5. The van der Waals surface area contributed by atoms with E-state index in [4.69, 9.17) is 5.73 Å². The quantitative estimate of drug-likeness (QED) is 0.620. The fourth-order valence-electron chi connectivity index (χ4n) is 0.816. The molecule has 4 nitrogen and oxygen atoms in total. The van der Waals surface area contributed by atoms with Crippen LogP contribution in [-0.4, -0.2) is 28.9 Å². The van der Waals surface area contributed by atoms with Crippen LogP contribution in [0, 0.1) is 0 Å². The van der Waals surface area contributed by atoms with Gasteiger partial charge in [-0.15, -0.1) is 0 Å². The van der Waals surface area contributed by atoms with E-state index in [2.05, 4.69) is 15.3 Å². The van der Waals surface area contributed by atoms with E-state index >= 15 is 0 Å². The third-order valence-corrected chi connectivity index (χ3v) is 1.93. The van der Waals surface area contributed by atoms with Gasteiger partial charge in [0.05, 0.1) is 0 Å². The number of halogens is 3. The molecule has 0 bridgehead atoms. The molecule has 0 fully saturated rings. The molecule has 3 N–H and O–H groups in total. The van der Waals surface area contributed by atoms with E-state index in [9.17, 15) is 13.2 Å². The number of rotatable bonds is 3. The number of aromatic nitrogens is 2. The summed E-state index contributed by atoms with van der Waals surface area (Å²) in [6.45, 7) is -1.14. The third kappa shape index (κ3) is 4.24. The monoisotopic (exact) mass is 238 g/mol. The molecule has 0 radical (unpaired) electrons. The maximum Gasteiger partial charge on any atom is 0.405 e. The Kier molecular flexibility index (Phi) is 3.61. The van der Waals surface area contributed by atoms with Crippen molar-refractivity contribution >= 4 is 23.4 Å². The zero-order valence-electron chi connectivity index (χ0n) is 7.80. The lowest BCUT2D eigenvalue weighted by Gasteiger charge is -2.09. The van der Waals surface area contributed by atoms with E-state index < -0.39 is 12.7 Å². The van der Waals surface area contributed by atoms with E-state index in [0.29, 0.717) is 5.16 Å². The molecule has 8 heteroatoms. The van der Waals surface area contributed by atoms with Crippen LogP contribution in [0.25, 0.3) is 0 Å². The first kappa shape index (κ1) is 11.9. The summed E-state index contributed by atoms with van der Waals surface area (Å²) in [6.07, 6.45) is -2.57. The number of nitrogens with two attached hydrogens (primary N) is 1. The second-order valence-corrected chi connectivity index (χ2v) is 3.41. The van der Waals surface area contributed by atoms with Crippen LogP contribution >= 0.6 is 11.8 Å². The highest BCUT2D eigenvalue weighted by molar-refractivity contribution is 7.98. The van der Waals surface area contributed by atoms with Gasteiger partial charge in [0.15, 0.2) is 5.16 Å². The second-order valence-electron chi connectivity index (χ2n) is 2.63. The van der Waals surface area contributed by atoms with Crippen LogP contribution in [0.3, 0.4) is 0 Å². The summed E-state index contributed by atoms with van der Waals surface area (Å²) in [5, 5.41) is 2.46. The minimum absolute atomic E-state index is 0.0733. The van der Waals surface area contributed by atoms with E-state index in [-0.39, 0.29) is 11.6 Å². The van der Waals surface area contributed by atoms with Gasteiger partial charge in [-0.3, -0.25) is 0 Å². The Bertz CT molecular complexity index is 341. The average Bonchev–Trinajstić information content (AvgIpc) is 2.13. The molecule has 0 unspecified atom stereocenters. The van der Waals surface area contributed by atoms with Crippen molar-refractivity contribution < 1.29 is 13.2 Å². The second kappa shape index (κ2) is 4.56. The predicted molar refractivity (Wildman–Crippen MR) is 52.8 cm³/mol. The number of nitrogens with zero attached hydrogens (tertiary/aromatic N) is 2. The zero-order valence-corrected chi connectivity index (χ0v) is 8.61. The van der Waals surface area contributed by atoms with Gasteiger partial charge in [0.1, 0.15) is 18.2 Å². The minimum atomic E-state index is -4.28. The lowest BCUT2D eigenvalue weighted by atomic mass is 10.5. The number of nitrogen functional groups attached to an aromatic ring is 1. The van der Waals surface area contributed by atoms with Gasteiger partial charge < -0.3 is 11.1 Å². The highest BCUT2D eigenvalue weighted by atomic mass is 32.2. The topological polar surface area (TPSA) is 63.8 Å².